The molecule has 148 valence electrons. The molecule has 0 unspecified atom stereocenters. The number of halogens is 1. The molecule has 0 radical (unpaired) electrons. The number of hydrogen-bond donors (Lipinski definition) is 2. The van der Waals surface area contributed by atoms with E-state index in [2.05, 4.69) is 43.2 Å². The Morgan fingerprint density at radius 3 is 2.58 bits per heavy atom. The maximum atomic E-state index is 5.75. The number of guanidine groups is 1. The molecule has 0 saturated carbocycles. The highest BCUT2D eigenvalue weighted by molar-refractivity contribution is 14.0. The summed E-state index contributed by atoms with van der Waals surface area (Å²) in [5.74, 6) is 2.38. The molecule has 2 rings (SSSR count). The Bertz CT molecular complexity index is 566. The summed E-state index contributed by atoms with van der Waals surface area (Å²) in [4.78, 5) is 7.09. The Morgan fingerprint density at radius 1 is 1.19 bits per heavy atom. The molecule has 1 aromatic rings. The van der Waals surface area contributed by atoms with E-state index in [0.29, 0.717) is 19.3 Å². The van der Waals surface area contributed by atoms with Crippen molar-refractivity contribution in [1.82, 2.24) is 10.2 Å². The van der Waals surface area contributed by atoms with Crippen molar-refractivity contribution >= 4 is 35.6 Å². The van der Waals surface area contributed by atoms with E-state index < -0.39 is 0 Å². The van der Waals surface area contributed by atoms with Gasteiger partial charge in [0.05, 0.1) is 19.8 Å². The maximum absolute atomic E-state index is 5.75. The van der Waals surface area contributed by atoms with Gasteiger partial charge in [0.2, 0.25) is 0 Å². The second kappa shape index (κ2) is 12.2. The Labute approximate surface area is 174 Å². The van der Waals surface area contributed by atoms with Crippen LogP contribution in [0.3, 0.4) is 0 Å². The van der Waals surface area contributed by atoms with Crippen LogP contribution < -0.4 is 20.1 Å². The first kappa shape index (κ1) is 22.8. The Hall–Kier alpha value is -1.22. The first-order valence-corrected chi connectivity index (χ1v) is 9.33. The molecular weight excluding hydrogens is 443 g/mol. The molecule has 1 heterocycles. The molecule has 0 spiro atoms. The number of ether oxygens (including phenoxy) is 2. The summed E-state index contributed by atoms with van der Waals surface area (Å²) < 4.78 is 11.4. The van der Waals surface area contributed by atoms with E-state index >= 15 is 0 Å². The van der Waals surface area contributed by atoms with Crippen LogP contribution in [0, 0.1) is 0 Å². The van der Waals surface area contributed by atoms with Gasteiger partial charge in [-0.25, -0.2) is 0 Å². The second-order valence-corrected chi connectivity index (χ2v) is 6.32. The van der Waals surface area contributed by atoms with Crippen molar-refractivity contribution in [3.8, 4) is 11.5 Å². The summed E-state index contributed by atoms with van der Waals surface area (Å²) >= 11 is 0. The van der Waals surface area contributed by atoms with Crippen LogP contribution in [0.5, 0.6) is 11.5 Å². The molecule has 0 fully saturated rings. The van der Waals surface area contributed by atoms with Crippen molar-refractivity contribution in [2.45, 2.75) is 40.2 Å². The van der Waals surface area contributed by atoms with Crippen molar-refractivity contribution in [3.63, 3.8) is 0 Å². The van der Waals surface area contributed by atoms with Crippen molar-refractivity contribution in [1.29, 1.82) is 0 Å². The summed E-state index contributed by atoms with van der Waals surface area (Å²) in [6.07, 6.45) is 0.908. The number of nitrogens with zero attached hydrogens (tertiary/aromatic N) is 2. The van der Waals surface area contributed by atoms with Crippen LogP contribution in [-0.2, 0) is 0 Å². The zero-order valence-electron chi connectivity index (χ0n) is 16.4. The molecule has 0 aromatic heterocycles. The lowest BCUT2D eigenvalue weighted by molar-refractivity contribution is 0.241. The van der Waals surface area contributed by atoms with E-state index in [1.165, 1.54) is 0 Å². The number of anilines is 1. The lowest BCUT2D eigenvalue weighted by atomic mass is 10.3. The largest absolute Gasteiger partial charge is 0.490 e. The third-order valence-corrected chi connectivity index (χ3v) is 4.15. The number of benzene rings is 1. The molecule has 0 aliphatic carbocycles. The Kier molecular flexibility index (Phi) is 10.7. The van der Waals surface area contributed by atoms with Crippen LogP contribution in [0.1, 0.15) is 34.1 Å². The van der Waals surface area contributed by atoms with Gasteiger partial charge in [-0.05, 0) is 39.4 Å². The maximum Gasteiger partial charge on any atom is 0.195 e. The standard InChI is InChI=1S/C19H32N4O2.HI/c1-5-20-19(21-10-11-23(6-2)15(3)4)22-16-8-9-17-18(14-16)25-13-7-12-24-17;/h8-9,14-15H,5-7,10-13H2,1-4H3,(H2,20,21,22);1H. The number of fused-ring (bicyclic) bond motifs is 1. The zero-order valence-corrected chi connectivity index (χ0v) is 18.7. The minimum Gasteiger partial charge on any atom is -0.490 e. The number of rotatable bonds is 7. The topological polar surface area (TPSA) is 58.1 Å². The molecule has 0 saturated heterocycles. The van der Waals surface area contributed by atoms with Gasteiger partial charge in [0.1, 0.15) is 0 Å². The molecule has 0 bridgehead atoms. The normalized spacial score (nSPS) is 14.0. The fourth-order valence-corrected chi connectivity index (χ4v) is 2.76. The molecule has 1 aromatic carbocycles. The third-order valence-electron chi connectivity index (χ3n) is 4.15. The first-order chi connectivity index (χ1) is 12.1. The van der Waals surface area contributed by atoms with Crippen LogP contribution in [-0.4, -0.2) is 56.3 Å². The van der Waals surface area contributed by atoms with Gasteiger partial charge >= 0.3 is 0 Å². The smallest absolute Gasteiger partial charge is 0.195 e. The van der Waals surface area contributed by atoms with Crippen LogP contribution in [0.4, 0.5) is 5.69 Å². The van der Waals surface area contributed by atoms with E-state index in [1.54, 1.807) is 0 Å². The highest BCUT2D eigenvalue weighted by atomic mass is 127. The molecule has 6 nitrogen and oxygen atoms in total. The Morgan fingerprint density at radius 2 is 1.92 bits per heavy atom. The minimum atomic E-state index is 0. The summed E-state index contributed by atoms with van der Waals surface area (Å²) in [5.41, 5.74) is 0.945. The molecule has 26 heavy (non-hydrogen) atoms. The fraction of sp³-hybridized carbons (Fsp3) is 0.632. The van der Waals surface area contributed by atoms with Gasteiger partial charge in [-0.1, -0.05) is 6.92 Å². The highest BCUT2D eigenvalue weighted by Crippen LogP contribution is 2.32. The van der Waals surface area contributed by atoms with Gasteiger partial charge in [0.15, 0.2) is 17.5 Å². The van der Waals surface area contributed by atoms with E-state index in [-0.39, 0.29) is 24.0 Å². The number of hydrogen-bond acceptors (Lipinski definition) is 4. The third kappa shape index (κ3) is 7.19. The zero-order chi connectivity index (χ0) is 18.1. The quantitative estimate of drug-likeness (QED) is 0.358. The van der Waals surface area contributed by atoms with Gasteiger partial charge in [-0.15, -0.1) is 24.0 Å². The predicted molar refractivity (Wildman–Crippen MR) is 119 cm³/mol. The van der Waals surface area contributed by atoms with Crippen LogP contribution >= 0.6 is 24.0 Å². The monoisotopic (exact) mass is 476 g/mol. The first-order valence-electron chi connectivity index (χ1n) is 9.33. The van der Waals surface area contributed by atoms with Gasteiger partial charge < -0.3 is 20.1 Å². The SMILES string of the molecule is CCNC(=NCCN(CC)C(C)C)Nc1ccc2c(c1)OCCCO2.I. The molecular formula is C19H33IN4O2. The molecule has 1 aliphatic heterocycles. The Balaban J connectivity index is 0.00000338. The van der Waals surface area contributed by atoms with Crippen molar-refractivity contribution in [3.05, 3.63) is 18.2 Å². The van der Waals surface area contributed by atoms with Crippen LogP contribution in [0.15, 0.2) is 23.2 Å². The van der Waals surface area contributed by atoms with E-state index in [9.17, 15) is 0 Å². The number of aliphatic imine (C=N–C) groups is 1. The van der Waals surface area contributed by atoms with Gasteiger partial charge in [0, 0.05) is 37.3 Å². The van der Waals surface area contributed by atoms with E-state index in [0.717, 1.165) is 55.7 Å². The number of likely N-dealkylation sites (N-methyl/N-ethyl adjacent to an activating group) is 1. The van der Waals surface area contributed by atoms with Crippen molar-refractivity contribution in [2.75, 3.05) is 44.7 Å². The van der Waals surface area contributed by atoms with E-state index in [4.69, 9.17) is 14.5 Å². The molecule has 0 amide bonds. The van der Waals surface area contributed by atoms with Crippen molar-refractivity contribution in [2.24, 2.45) is 4.99 Å². The van der Waals surface area contributed by atoms with Gasteiger partial charge in [-0.3, -0.25) is 9.89 Å². The van der Waals surface area contributed by atoms with Crippen LogP contribution in [0.2, 0.25) is 0 Å². The molecule has 2 N–H and O–H groups in total. The minimum absolute atomic E-state index is 0. The molecule has 0 atom stereocenters. The predicted octanol–water partition coefficient (Wildman–Crippen LogP) is 3.57. The molecule has 1 aliphatic rings. The second-order valence-electron chi connectivity index (χ2n) is 6.32. The van der Waals surface area contributed by atoms with Gasteiger partial charge in [-0.2, -0.15) is 0 Å². The summed E-state index contributed by atoms with van der Waals surface area (Å²) in [7, 11) is 0. The lowest BCUT2D eigenvalue weighted by Crippen LogP contribution is -2.35. The summed E-state index contributed by atoms with van der Waals surface area (Å²) in [5, 5.41) is 6.65. The number of nitrogens with one attached hydrogen (secondary N) is 2. The van der Waals surface area contributed by atoms with E-state index in [1.807, 2.05) is 18.2 Å². The van der Waals surface area contributed by atoms with Gasteiger partial charge in [0.25, 0.3) is 0 Å². The fourth-order valence-electron chi connectivity index (χ4n) is 2.76. The average Bonchev–Trinajstić information content (AvgIpc) is 2.83. The average molecular weight is 476 g/mol. The summed E-state index contributed by atoms with van der Waals surface area (Å²) in [6.45, 7) is 13.6. The lowest BCUT2D eigenvalue weighted by Gasteiger charge is -2.23. The molecule has 7 heteroatoms. The van der Waals surface area contributed by atoms with Crippen molar-refractivity contribution < 1.29 is 9.47 Å². The summed E-state index contributed by atoms with van der Waals surface area (Å²) in [6, 6.07) is 6.45. The highest BCUT2D eigenvalue weighted by Gasteiger charge is 2.11. The van der Waals surface area contributed by atoms with Crippen LogP contribution in [0.25, 0.3) is 0 Å².